The van der Waals surface area contributed by atoms with E-state index in [2.05, 4.69) is 5.32 Å². The molecule has 1 amide bonds. The third-order valence-electron chi connectivity index (χ3n) is 2.42. The summed E-state index contributed by atoms with van der Waals surface area (Å²) in [6, 6.07) is 7.75. The number of benzene rings is 1. The Morgan fingerprint density at radius 2 is 1.88 bits per heavy atom. The Bertz CT molecular complexity index is 355. The molecule has 16 heavy (non-hydrogen) atoms. The number of carbonyl (C=O) groups excluding carboxylic acids is 1. The Kier molecular flexibility index (Phi) is 3.93. The highest BCUT2D eigenvalue weighted by atomic mass is 16.1. The summed E-state index contributed by atoms with van der Waals surface area (Å²) in [6.07, 6.45) is 1.32. The van der Waals surface area contributed by atoms with E-state index in [9.17, 15) is 4.79 Å². The molecule has 0 spiro atoms. The first kappa shape index (κ1) is 12.6. The molecular weight excluding hydrogens is 200 g/mol. The van der Waals surface area contributed by atoms with Gasteiger partial charge < -0.3 is 11.1 Å². The lowest BCUT2D eigenvalue weighted by Crippen LogP contribution is -2.44. The molecule has 0 saturated heterocycles. The molecule has 3 N–H and O–H groups in total. The molecule has 0 aliphatic rings. The van der Waals surface area contributed by atoms with Gasteiger partial charge in [0, 0.05) is 17.6 Å². The summed E-state index contributed by atoms with van der Waals surface area (Å²) >= 11 is 0. The maximum absolute atomic E-state index is 11.3. The van der Waals surface area contributed by atoms with Crippen LogP contribution in [0.3, 0.4) is 0 Å². The lowest BCUT2D eigenvalue weighted by atomic mass is 9.94. The van der Waals surface area contributed by atoms with E-state index in [0.717, 1.165) is 12.1 Å². The molecule has 0 aliphatic carbocycles. The van der Waals surface area contributed by atoms with Gasteiger partial charge in [-0.2, -0.15) is 0 Å². The first-order valence-corrected chi connectivity index (χ1v) is 5.58. The number of rotatable bonds is 4. The van der Waals surface area contributed by atoms with Gasteiger partial charge in [0.2, 0.25) is 5.91 Å². The largest absolute Gasteiger partial charge is 0.399 e. The first-order chi connectivity index (χ1) is 7.43. The van der Waals surface area contributed by atoms with Crippen LogP contribution in [0.5, 0.6) is 0 Å². The number of nitrogen functional groups attached to an aromatic ring is 1. The summed E-state index contributed by atoms with van der Waals surface area (Å²) in [4.78, 5) is 11.3. The molecule has 88 valence electrons. The Balaban J connectivity index is 2.64. The van der Waals surface area contributed by atoms with Gasteiger partial charge in [-0.05, 0) is 38.0 Å². The summed E-state index contributed by atoms with van der Waals surface area (Å²) < 4.78 is 0. The third-order valence-corrected chi connectivity index (χ3v) is 2.42. The van der Waals surface area contributed by atoms with Crippen molar-refractivity contribution < 1.29 is 4.79 Å². The molecule has 1 aromatic carbocycles. The molecule has 0 aliphatic heterocycles. The number of amides is 1. The molecule has 1 rings (SSSR count). The quantitative estimate of drug-likeness (QED) is 0.764. The van der Waals surface area contributed by atoms with E-state index in [1.165, 1.54) is 5.56 Å². The lowest BCUT2D eigenvalue weighted by molar-refractivity contribution is -0.122. The van der Waals surface area contributed by atoms with Gasteiger partial charge in [0.25, 0.3) is 0 Å². The van der Waals surface area contributed by atoms with Crippen LogP contribution < -0.4 is 11.1 Å². The minimum Gasteiger partial charge on any atom is -0.399 e. The zero-order valence-electron chi connectivity index (χ0n) is 10.2. The van der Waals surface area contributed by atoms with Crippen molar-refractivity contribution in [2.45, 2.75) is 39.2 Å². The number of hydrogen-bond donors (Lipinski definition) is 2. The van der Waals surface area contributed by atoms with E-state index in [-0.39, 0.29) is 11.4 Å². The highest BCUT2D eigenvalue weighted by molar-refractivity contribution is 5.76. The van der Waals surface area contributed by atoms with Crippen molar-refractivity contribution in [3.63, 3.8) is 0 Å². The van der Waals surface area contributed by atoms with Gasteiger partial charge in [-0.15, -0.1) is 0 Å². The third kappa shape index (κ3) is 3.93. The van der Waals surface area contributed by atoms with Crippen molar-refractivity contribution in [2.75, 3.05) is 5.73 Å². The minimum atomic E-state index is -0.219. The molecule has 0 atom stereocenters. The van der Waals surface area contributed by atoms with Gasteiger partial charge in [0.1, 0.15) is 0 Å². The number of nitrogens with one attached hydrogen (secondary N) is 1. The maximum atomic E-state index is 11.3. The zero-order chi connectivity index (χ0) is 12.2. The molecule has 3 heteroatoms. The Morgan fingerprint density at radius 3 is 2.38 bits per heavy atom. The van der Waals surface area contributed by atoms with Crippen LogP contribution in [-0.4, -0.2) is 11.4 Å². The van der Waals surface area contributed by atoms with E-state index in [1.54, 1.807) is 0 Å². The Labute approximate surface area is 97.0 Å². The van der Waals surface area contributed by atoms with Crippen LogP contribution in [0.15, 0.2) is 24.3 Å². The molecule has 0 radical (unpaired) electrons. The van der Waals surface area contributed by atoms with Crippen LogP contribution in [-0.2, 0) is 11.2 Å². The van der Waals surface area contributed by atoms with Gasteiger partial charge >= 0.3 is 0 Å². The molecule has 0 fully saturated rings. The van der Waals surface area contributed by atoms with Gasteiger partial charge in [-0.3, -0.25) is 4.79 Å². The topological polar surface area (TPSA) is 55.1 Å². The number of anilines is 1. The SMILES string of the molecule is CCC(=O)NC(C)(C)Cc1ccc(N)cc1. The molecule has 3 nitrogen and oxygen atoms in total. The van der Waals surface area contributed by atoms with Crippen molar-refractivity contribution in [3.05, 3.63) is 29.8 Å². The molecule has 0 saturated carbocycles. The number of carbonyl (C=O) groups is 1. The van der Waals surface area contributed by atoms with E-state index in [1.807, 2.05) is 45.0 Å². The van der Waals surface area contributed by atoms with Gasteiger partial charge in [-0.25, -0.2) is 0 Å². The van der Waals surface area contributed by atoms with Crippen LogP contribution in [0.2, 0.25) is 0 Å². The van der Waals surface area contributed by atoms with Crippen molar-refractivity contribution >= 4 is 11.6 Å². The second-order valence-corrected chi connectivity index (χ2v) is 4.70. The van der Waals surface area contributed by atoms with Crippen molar-refractivity contribution in [1.82, 2.24) is 5.32 Å². The van der Waals surface area contributed by atoms with Gasteiger partial charge in [0.05, 0.1) is 0 Å². The van der Waals surface area contributed by atoms with E-state index < -0.39 is 0 Å². The number of nitrogens with two attached hydrogens (primary N) is 1. The van der Waals surface area contributed by atoms with Crippen LogP contribution in [0.25, 0.3) is 0 Å². The molecule has 0 aromatic heterocycles. The van der Waals surface area contributed by atoms with E-state index >= 15 is 0 Å². The Hall–Kier alpha value is -1.51. The van der Waals surface area contributed by atoms with Gasteiger partial charge in [-0.1, -0.05) is 19.1 Å². The van der Waals surface area contributed by atoms with Crippen LogP contribution >= 0.6 is 0 Å². The van der Waals surface area contributed by atoms with Crippen LogP contribution in [0, 0.1) is 0 Å². The minimum absolute atomic E-state index is 0.0837. The fourth-order valence-corrected chi connectivity index (χ4v) is 1.66. The zero-order valence-corrected chi connectivity index (χ0v) is 10.2. The number of hydrogen-bond acceptors (Lipinski definition) is 2. The standard InChI is InChI=1S/C13H20N2O/c1-4-12(16)15-13(2,3)9-10-5-7-11(14)8-6-10/h5-8H,4,9,14H2,1-3H3,(H,15,16). The second kappa shape index (κ2) is 5.01. The molecular formula is C13H20N2O. The van der Waals surface area contributed by atoms with Crippen molar-refractivity contribution in [3.8, 4) is 0 Å². The highest BCUT2D eigenvalue weighted by Gasteiger charge is 2.19. The first-order valence-electron chi connectivity index (χ1n) is 5.58. The van der Waals surface area contributed by atoms with Gasteiger partial charge in [0.15, 0.2) is 0 Å². The second-order valence-electron chi connectivity index (χ2n) is 4.70. The highest BCUT2D eigenvalue weighted by Crippen LogP contribution is 2.14. The maximum Gasteiger partial charge on any atom is 0.220 e. The Morgan fingerprint density at radius 1 is 1.31 bits per heavy atom. The smallest absolute Gasteiger partial charge is 0.220 e. The van der Waals surface area contributed by atoms with Crippen molar-refractivity contribution in [2.24, 2.45) is 0 Å². The molecule has 0 unspecified atom stereocenters. The predicted octanol–water partition coefficient (Wildman–Crippen LogP) is 2.12. The average Bonchev–Trinajstić information content (AvgIpc) is 2.20. The monoisotopic (exact) mass is 220 g/mol. The fourth-order valence-electron chi connectivity index (χ4n) is 1.66. The van der Waals surface area contributed by atoms with E-state index in [0.29, 0.717) is 6.42 Å². The lowest BCUT2D eigenvalue weighted by Gasteiger charge is -2.26. The summed E-state index contributed by atoms with van der Waals surface area (Å²) in [7, 11) is 0. The predicted molar refractivity (Wildman–Crippen MR) is 67.1 cm³/mol. The molecule has 0 bridgehead atoms. The summed E-state index contributed by atoms with van der Waals surface area (Å²) in [5.74, 6) is 0.0837. The summed E-state index contributed by atoms with van der Waals surface area (Å²) in [6.45, 7) is 5.91. The summed E-state index contributed by atoms with van der Waals surface area (Å²) in [5, 5.41) is 3.00. The summed E-state index contributed by atoms with van der Waals surface area (Å²) in [5.41, 5.74) is 7.34. The molecule has 0 heterocycles. The molecule has 1 aromatic rings. The normalized spacial score (nSPS) is 11.2. The fraction of sp³-hybridized carbons (Fsp3) is 0.462. The van der Waals surface area contributed by atoms with Crippen LogP contribution in [0.4, 0.5) is 5.69 Å². The van der Waals surface area contributed by atoms with Crippen LogP contribution in [0.1, 0.15) is 32.8 Å². The van der Waals surface area contributed by atoms with E-state index in [4.69, 9.17) is 5.73 Å². The average molecular weight is 220 g/mol. The van der Waals surface area contributed by atoms with Crippen molar-refractivity contribution in [1.29, 1.82) is 0 Å².